The van der Waals surface area contributed by atoms with E-state index >= 15 is 0 Å². The number of nitrogens with two attached hydrogens (primary N) is 1. The first kappa shape index (κ1) is 26.5. The van der Waals surface area contributed by atoms with Gasteiger partial charge in [0.1, 0.15) is 29.8 Å². The summed E-state index contributed by atoms with van der Waals surface area (Å²) in [7, 11) is 6.08. The number of rotatable bonds is 2. The molecule has 4 rings (SSSR count). The zero-order chi connectivity index (χ0) is 24.0. The standard InChI is InChI=1S/C16H18BFN4O.C5H12.C4H10/c17-22-10-1-2-11(22)7-21(6-10)15-4-14(18)12-3-9(20)8-23-16(12)13(15)5-19;1-4-5(2)3;1-4(2)3/h4,9-11H,1-3,6-8,20H2;5H,4H2,1-3H3;4H,1-3H3. The SMILES string of the molecule is CC(C)C.CCC(C)C.[B]N1C2CCC1CN(c1cc(F)c3c(c1C#N)OCC(N)C3)C2. The van der Waals surface area contributed by atoms with Gasteiger partial charge in [-0.3, -0.25) is 0 Å². The summed E-state index contributed by atoms with van der Waals surface area (Å²) >= 11 is 0. The third-order valence-electron chi connectivity index (χ3n) is 6.02. The average Bonchev–Trinajstić information content (AvgIpc) is 2.94. The largest absolute Gasteiger partial charge is 0.490 e. The van der Waals surface area contributed by atoms with Gasteiger partial charge in [-0.05, 0) is 37.2 Å². The predicted octanol–water partition coefficient (Wildman–Crippen LogP) is 4.41. The van der Waals surface area contributed by atoms with E-state index < -0.39 is 0 Å². The van der Waals surface area contributed by atoms with Crippen LogP contribution in [0.15, 0.2) is 6.07 Å². The van der Waals surface area contributed by atoms with Crippen LogP contribution in [-0.4, -0.2) is 50.6 Å². The summed E-state index contributed by atoms with van der Waals surface area (Å²) in [5, 5.41) is 9.62. The van der Waals surface area contributed by atoms with Crippen LogP contribution in [0.25, 0.3) is 0 Å². The van der Waals surface area contributed by atoms with Gasteiger partial charge < -0.3 is 20.2 Å². The van der Waals surface area contributed by atoms with Crippen molar-refractivity contribution in [2.24, 2.45) is 17.6 Å². The Morgan fingerprint density at radius 2 is 1.75 bits per heavy atom. The van der Waals surface area contributed by atoms with Gasteiger partial charge in [0.25, 0.3) is 0 Å². The zero-order valence-electron chi connectivity index (χ0n) is 20.7. The van der Waals surface area contributed by atoms with E-state index in [0.717, 1.165) is 24.7 Å². The lowest BCUT2D eigenvalue weighted by molar-refractivity contribution is 0.258. The third-order valence-corrected chi connectivity index (χ3v) is 6.02. The Labute approximate surface area is 195 Å². The fourth-order valence-corrected chi connectivity index (χ4v) is 4.01. The minimum absolute atomic E-state index is 0.231. The number of piperazine rings is 1. The molecule has 3 heterocycles. The highest BCUT2D eigenvalue weighted by molar-refractivity contribution is 6.05. The maximum Gasteiger partial charge on any atom is 0.183 e. The molecule has 2 radical (unpaired) electrons. The van der Waals surface area contributed by atoms with Crippen LogP contribution in [0.2, 0.25) is 0 Å². The molecule has 1 aromatic rings. The van der Waals surface area contributed by atoms with E-state index in [1.807, 2.05) is 4.81 Å². The first-order valence-corrected chi connectivity index (χ1v) is 12.0. The number of hydrogen-bond donors (Lipinski definition) is 1. The minimum atomic E-state index is -0.341. The Balaban J connectivity index is 0.000000346. The molecule has 0 aromatic heterocycles. The Bertz CT molecular complexity index is 778. The summed E-state index contributed by atoms with van der Waals surface area (Å²) in [6.45, 7) is 14.9. The van der Waals surface area contributed by atoms with Crippen molar-refractivity contribution >= 4 is 13.7 Å². The molecule has 2 saturated heterocycles. The van der Waals surface area contributed by atoms with Crippen molar-refractivity contribution in [3.8, 4) is 11.8 Å². The Kier molecular flexibility index (Phi) is 9.85. The second kappa shape index (κ2) is 11.9. The molecule has 2 fully saturated rings. The van der Waals surface area contributed by atoms with Gasteiger partial charge in [0.05, 0.1) is 5.69 Å². The smallest absolute Gasteiger partial charge is 0.183 e. The molecule has 0 spiro atoms. The molecule has 2 bridgehead atoms. The summed E-state index contributed by atoms with van der Waals surface area (Å²) < 4.78 is 20.2. The molecule has 3 aliphatic rings. The van der Waals surface area contributed by atoms with Gasteiger partial charge in [-0.15, -0.1) is 0 Å². The number of fused-ring (bicyclic) bond motifs is 3. The third kappa shape index (κ3) is 6.62. The fourth-order valence-electron chi connectivity index (χ4n) is 4.01. The Morgan fingerprint density at radius 1 is 1.22 bits per heavy atom. The van der Waals surface area contributed by atoms with E-state index in [9.17, 15) is 9.65 Å². The minimum Gasteiger partial charge on any atom is -0.490 e. The molecule has 0 saturated carbocycles. The number of ether oxygens (including phenoxy) is 1. The first-order valence-electron chi connectivity index (χ1n) is 12.0. The first-order chi connectivity index (χ1) is 15.1. The summed E-state index contributed by atoms with van der Waals surface area (Å²) in [6, 6.07) is 3.95. The van der Waals surface area contributed by atoms with E-state index in [2.05, 4.69) is 52.5 Å². The van der Waals surface area contributed by atoms with Gasteiger partial charge in [0.15, 0.2) is 7.98 Å². The highest BCUT2D eigenvalue weighted by Crippen LogP contribution is 2.39. The molecule has 3 unspecified atom stereocenters. The number of nitrogens with zero attached hydrogens (tertiary/aromatic N) is 3. The van der Waals surface area contributed by atoms with Gasteiger partial charge >= 0.3 is 0 Å². The van der Waals surface area contributed by atoms with Crippen LogP contribution >= 0.6 is 0 Å². The van der Waals surface area contributed by atoms with Crippen molar-refractivity contribution < 1.29 is 9.13 Å². The Hall–Kier alpha value is -1.78. The zero-order valence-corrected chi connectivity index (χ0v) is 20.7. The second-order valence-electron chi connectivity index (χ2n) is 10.2. The fraction of sp³-hybridized carbons (Fsp3) is 0.720. The summed E-state index contributed by atoms with van der Waals surface area (Å²) in [4.78, 5) is 3.98. The van der Waals surface area contributed by atoms with Crippen LogP contribution in [-0.2, 0) is 6.42 Å². The molecule has 7 heteroatoms. The van der Waals surface area contributed by atoms with Crippen LogP contribution in [0, 0.1) is 29.0 Å². The highest BCUT2D eigenvalue weighted by Gasteiger charge is 2.38. The average molecular weight is 442 g/mol. The summed E-state index contributed by atoms with van der Waals surface area (Å²) in [5.74, 6) is 1.74. The number of benzene rings is 1. The molecule has 2 N–H and O–H groups in total. The molecule has 3 aliphatic heterocycles. The summed E-state index contributed by atoms with van der Waals surface area (Å²) in [6.07, 6.45) is 3.79. The Morgan fingerprint density at radius 3 is 2.22 bits per heavy atom. The maximum atomic E-state index is 14.6. The van der Waals surface area contributed by atoms with Crippen LogP contribution in [0.4, 0.5) is 10.1 Å². The molecular weight excluding hydrogens is 402 g/mol. The van der Waals surface area contributed by atoms with Crippen molar-refractivity contribution in [3.63, 3.8) is 0 Å². The van der Waals surface area contributed by atoms with Crippen LogP contribution in [0.5, 0.6) is 5.75 Å². The van der Waals surface area contributed by atoms with E-state index in [-0.39, 0.29) is 23.9 Å². The van der Waals surface area contributed by atoms with Gasteiger partial charge in [0.2, 0.25) is 0 Å². The van der Waals surface area contributed by atoms with Crippen molar-refractivity contribution in [2.75, 3.05) is 24.6 Å². The number of hydrogen-bond acceptors (Lipinski definition) is 5. The summed E-state index contributed by atoms with van der Waals surface area (Å²) in [5.41, 5.74) is 7.30. The topological polar surface area (TPSA) is 65.5 Å². The van der Waals surface area contributed by atoms with E-state index in [1.54, 1.807) is 0 Å². The van der Waals surface area contributed by atoms with Crippen molar-refractivity contribution in [1.29, 1.82) is 5.26 Å². The van der Waals surface area contributed by atoms with Gasteiger partial charge in [0, 0.05) is 36.8 Å². The molecule has 32 heavy (non-hydrogen) atoms. The van der Waals surface area contributed by atoms with E-state index in [4.69, 9.17) is 18.5 Å². The predicted molar refractivity (Wildman–Crippen MR) is 131 cm³/mol. The normalized spacial score (nSPS) is 24.0. The van der Waals surface area contributed by atoms with Crippen molar-refractivity contribution in [1.82, 2.24) is 4.81 Å². The molecular formula is C25H40BFN4O. The van der Waals surface area contributed by atoms with Crippen LogP contribution < -0.4 is 15.4 Å². The maximum absolute atomic E-state index is 14.6. The molecule has 3 atom stereocenters. The number of nitriles is 1. The monoisotopic (exact) mass is 442 g/mol. The van der Waals surface area contributed by atoms with E-state index in [0.29, 0.717) is 48.7 Å². The number of halogens is 1. The highest BCUT2D eigenvalue weighted by atomic mass is 19.1. The van der Waals surface area contributed by atoms with E-state index in [1.165, 1.54) is 12.5 Å². The van der Waals surface area contributed by atoms with Crippen molar-refractivity contribution in [2.45, 2.75) is 85.4 Å². The molecule has 1 aromatic carbocycles. The second-order valence-corrected chi connectivity index (χ2v) is 10.2. The van der Waals surface area contributed by atoms with Gasteiger partial charge in [-0.2, -0.15) is 5.26 Å². The molecule has 0 aliphatic carbocycles. The van der Waals surface area contributed by atoms with Gasteiger partial charge in [-0.1, -0.05) is 48.0 Å². The van der Waals surface area contributed by atoms with Crippen molar-refractivity contribution in [3.05, 3.63) is 23.0 Å². The molecule has 176 valence electrons. The lowest BCUT2D eigenvalue weighted by Gasteiger charge is -2.41. The van der Waals surface area contributed by atoms with Gasteiger partial charge in [-0.25, -0.2) is 4.39 Å². The molecule has 5 nitrogen and oxygen atoms in total. The lowest BCUT2D eigenvalue weighted by atomic mass is 9.97. The molecule has 0 amide bonds. The quantitative estimate of drug-likeness (QED) is 0.688. The lowest BCUT2D eigenvalue weighted by Crippen LogP contribution is -2.53. The number of anilines is 1. The van der Waals surface area contributed by atoms with Crippen LogP contribution in [0.3, 0.4) is 0 Å². The van der Waals surface area contributed by atoms with Crippen LogP contribution in [0.1, 0.15) is 71.9 Å².